The van der Waals surface area contributed by atoms with Crippen LogP contribution in [0.2, 0.25) is 0 Å². The van der Waals surface area contributed by atoms with Gasteiger partial charge in [-0.05, 0) is 61.5 Å². The minimum atomic E-state index is -3.60. The van der Waals surface area contributed by atoms with Crippen molar-refractivity contribution in [3.8, 4) is 22.9 Å². The Labute approximate surface area is 210 Å². The van der Waals surface area contributed by atoms with Crippen LogP contribution in [0.5, 0.6) is 11.6 Å². The number of rotatable bonds is 10. The number of benzene rings is 2. The van der Waals surface area contributed by atoms with E-state index in [0.717, 1.165) is 11.3 Å². The van der Waals surface area contributed by atoms with Crippen molar-refractivity contribution in [2.45, 2.75) is 11.8 Å². The van der Waals surface area contributed by atoms with Gasteiger partial charge in [0.15, 0.2) is 0 Å². The first kappa shape index (κ1) is 25.5. The van der Waals surface area contributed by atoms with E-state index >= 15 is 0 Å². The third kappa shape index (κ3) is 6.36. The number of ether oxygens (including phenoxy) is 3. The molecule has 0 atom stereocenters. The Kier molecular flexibility index (Phi) is 8.47. The Balaban J connectivity index is 1.24. The van der Waals surface area contributed by atoms with Crippen LogP contribution in [-0.2, 0) is 14.8 Å². The van der Waals surface area contributed by atoms with Gasteiger partial charge < -0.3 is 19.5 Å². The number of nitrogens with zero attached hydrogens (tertiary/aromatic N) is 3. The van der Waals surface area contributed by atoms with Gasteiger partial charge in [-0.2, -0.15) is 4.31 Å². The fourth-order valence-electron chi connectivity index (χ4n) is 3.58. The molecule has 0 bridgehead atoms. The van der Waals surface area contributed by atoms with Crippen LogP contribution >= 0.6 is 0 Å². The lowest BCUT2D eigenvalue weighted by Gasteiger charge is -2.26. The molecule has 4 rings (SSSR count). The Bertz CT molecular complexity index is 1240. The summed E-state index contributed by atoms with van der Waals surface area (Å²) in [5.74, 6) is 0.813. The molecule has 1 amide bonds. The lowest BCUT2D eigenvalue weighted by molar-refractivity contribution is 0.0730. The zero-order chi connectivity index (χ0) is 25.4. The highest BCUT2D eigenvalue weighted by atomic mass is 32.2. The van der Waals surface area contributed by atoms with Crippen LogP contribution < -0.4 is 14.8 Å². The summed E-state index contributed by atoms with van der Waals surface area (Å²) >= 11 is 0. The van der Waals surface area contributed by atoms with E-state index in [9.17, 15) is 13.2 Å². The summed E-state index contributed by atoms with van der Waals surface area (Å²) in [6.45, 7) is 4.38. The van der Waals surface area contributed by atoms with E-state index in [4.69, 9.17) is 14.2 Å². The average Bonchev–Trinajstić information content (AvgIpc) is 2.92. The first-order valence-corrected chi connectivity index (χ1v) is 13.1. The summed E-state index contributed by atoms with van der Waals surface area (Å²) in [7, 11) is -3.60. The van der Waals surface area contributed by atoms with Crippen molar-refractivity contribution in [2.75, 3.05) is 46.1 Å². The monoisotopic (exact) mass is 512 g/mol. The van der Waals surface area contributed by atoms with Crippen LogP contribution in [0, 0.1) is 0 Å². The molecule has 2 heterocycles. The number of morpholine rings is 1. The van der Waals surface area contributed by atoms with Crippen molar-refractivity contribution < 1.29 is 27.4 Å². The smallest absolute Gasteiger partial charge is 0.251 e. The molecule has 36 heavy (non-hydrogen) atoms. The van der Waals surface area contributed by atoms with Crippen LogP contribution in [0.4, 0.5) is 0 Å². The molecular weight excluding hydrogens is 484 g/mol. The summed E-state index contributed by atoms with van der Waals surface area (Å²) in [6.07, 6.45) is 0. The fourth-order valence-corrected chi connectivity index (χ4v) is 4.98. The number of hydrogen-bond acceptors (Lipinski definition) is 8. The van der Waals surface area contributed by atoms with Gasteiger partial charge in [-0.15, -0.1) is 10.2 Å². The highest BCUT2D eigenvalue weighted by Gasteiger charge is 2.26. The molecular formula is C25H28N4O6S. The molecule has 0 unspecified atom stereocenters. The van der Waals surface area contributed by atoms with Crippen molar-refractivity contribution in [3.63, 3.8) is 0 Å². The molecule has 3 aromatic rings. The molecule has 1 aliphatic heterocycles. The fraction of sp³-hybridized carbons (Fsp3) is 0.320. The predicted octanol–water partition coefficient (Wildman–Crippen LogP) is 2.37. The van der Waals surface area contributed by atoms with Crippen molar-refractivity contribution in [1.29, 1.82) is 0 Å². The second-order valence-electron chi connectivity index (χ2n) is 7.86. The molecule has 0 aliphatic carbocycles. The van der Waals surface area contributed by atoms with E-state index in [1.54, 1.807) is 6.07 Å². The molecule has 10 nitrogen and oxygen atoms in total. The van der Waals surface area contributed by atoms with E-state index in [-0.39, 0.29) is 24.0 Å². The normalized spacial score (nSPS) is 14.2. The van der Waals surface area contributed by atoms with E-state index in [1.165, 1.54) is 28.6 Å². The molecule has 0 spiro atoms. The van der Waals surface area contributed by atoms with Crippen molar-refractivity contribution in [2.24, 2.45) is 0 Å². The van der Waals surface area contributed by atoms with E-state index in [2.05, 4.69) is 15.5 Å². The zero-order valence-corrected chi connectivity index (χ0v) is 20.7. The Morgan fingerprint density at radius 3 is 2.33 bits per heavy atom. The van der Waals surface area contributed by atoms with Gasteiger partial charge in [0.1, 0.15) is 12.4 Å². The summed E-state index contributed by atoms with van der Waals surface area (Å²) < 4.78 is 43.0. The highest BCUT2D eigenvalue weighted by molar-refractivity contribution is 7.89. The van der Waals surface area contributed by atoms with Crippen LogP contribution in [0.1, 0.15) is 17.3 Å². The minimum absolute atomic E-state index is 0.150. The second-order valence-corrected chi connectivity index (χ2v) is 9.80. The average molecular weight is 513 g/mol. The van der Waals surface area contributed by atoms with Crippen LogP contribution in [0.3, 0.4) is 0 Å². The zero-order valence-electron chi connectivity index (χ0n) is 19.9. The summed E-state index contributed by atoms with van der Waals surface area (Å²) in [4.78, 5) is 12.6. The molecule has 0 saturated carbocycles. The number of carbonyl (C=O) groups is 1. The molecule has 0 radical (unpaired) electrons. The number of carbonyl (C=O) groups excluding carboxylic acids is 1. The third-order valence-electron chi connectivity index (χ3n) is 5.46. The molecule has 2 aromatic carbocycles. The Hall–Kier alpha value is -3.54. The number of sulfonamides is 1. The molecule has 190 valence electrons. The van der Waals surface area contributed by atoms with Gasteiger partial charge in [0.25, 0.3) is 5.91 Å². The molecule has 1 saturated heterocycles. The molecule has 1 fully saturated rings. The van der Waals surface area contributed by atoms with E-state index in [0.29, 0.717) is 50.0 Å². The third-order valence-corrected chi connectivity index (χ3v) is 7.38. The number of aromatic nitrogens is 2. The molecule has 11 heteroatoms. The first-order valence-electron chi connectivity index (χ1n) is 11.6. The maximum absolute atomic E-state index is 12.7. The number of nitrogens with one attached hydrogen (secondary N) is 1. The topological polar surface area (TPSA) is 120 Å². The summed E-state index contributed by atoms with van der Waals surface area (Å²) in [6, 6.07) is 17.0. The predicted molar refractivity (Wildman–Crippen MR) is 132 cm³/mol. The summed E-state index contributed by atoms with van der Waals surface area (Å²) in [5, 5.41) is 11.0. The second kappa shape index (κ2) is 11.9. The van der Waals surface area contributed by atoms with Crippen molar-refractivity contribution >= 4 is 15.9 Å². The van der Waals surface area contributed by atoms with Crippen LogP contribution in [-0.4, -0.2) is 74.9 Å². The van der Waals surface area contributed by atoms with E-state index in [1.807, 2.05) is 37.3 Å². The maximum Gasteiger partial charge on any atom is 0.251 e. The maximum atomic E-state index is 12.7. The lowest BCUT2D eigenvalue weighted by Crippen LogP contribution is -2.40. The molecule has 1 N–H and O–H groups in total. The quantitative estimate of drug-likeness (QED) is 0.411. The minimum Gasteiger partial charge on any atom is -0.494 e. The standard InChI is InChI=1S/C25H28N4O6S/c1-2-34-21-7-3-19(4-8-21)23-11-12-24(28-27-23)35-16-13-26-25(30)20-5-9-22(10-6-20)36(31,32)29-14-17-33-18-15-29/h3-12H,2,13-18H2,1H3,(H,26,30). The van der Waals surface area contributed by atoms with Gasteiger partial charge in [0, 0.05) is 30.3 Å². The van der Waals surface area contributed by atoms with Gasteiger partial charge in [0.05, 0.1) is 37.0 Å². The highest BCUT2D eigenvalue weighted by Crippen LogP contribution is 2.21. The van der Waals surface area contributed by atoms with Gasteiger partial charge >= 0.3 is 0 Å². The Morgan fingerprint density at radius 2 is 1.69 bits per heavy atom. The van der Waals surface area contributed by atoms with Crippen LogP contribution in [0.25, 0.3) is 11.3 Å². The lowest BCUT2D eigenvalue weighted by atomic mass is 10.1. The van der Waals surface area contributed by atoms with Gasteiger partial charge in [0.2, 0.25) is 15.9 Å². The number of amides is 1. The Morgan fingerprint density at radius 1 is 0.972 bits per heavy atom. The largest absolute Gasteiger partial charge is 0.494 e. The van der Waals surface area contributed by atoms with Gasteiger partial charge in [-0.3, -0.25) is 4.79 Å². The molecule has 1 aliphatic rings. The van der Waals surface area contributed by atoms with E-state index < -0.39 is 10.0 Å². The van der Waals surface area contributed by atoms with Crippen molar-refractivity contribution in [1.82, 2.24) is 19.8 Å². The summed E-state index contributed by atoms with van der Waals surface area (Å²) in [5.41, 5.74) is 1.97. The van der Waals surface area contributed by atoms with Gasteiger partial charge in [-0.1, -0.05) is 0 Å². The SMILES string of the molecule is CCOc1ccc(-c2ccc(OCCNC(=O)c3ccc(S(=O)(=O)N4CCOCC4)cc3)nn2)cc1. The van der Waals surface area contributed by atoms with Crippen molar-refractivity contribution in [3.05, 3.63) is 66.2 Å². The first-order chi connectivity index (χ1) is 17.5. The number of hydrogen-bond donors (Lipinski definition) is 1. The van der Waals surface area contributed by atoms with Crippen LogP contribution in [0.15, 0.2) is 65.6 Å². The molecule has 1 aromatic heterocycles. The van der Waals surface area contributed by atoms with Gasteiger partial charge in [-0.25, -0.2) is 8.42 Å².